The number of aromatic nitrogens is 1. The van der Waals surface area contributed by atoms with Gasteiger partial charge in [-0.05, 0) is 49.2 Å². The van der Waals surface area contributed by atoms with Gasteiger partial charge in [0.2, 0.25) is 0 Å². The van der Waals surface area contributed by atoms with Crippen molar-refractivity contribution in [2.45, 2.75) is 0 Å². The summed E-state index contributed by atoms with van der Waals surface area (Å²) >= 11 is 0. The number of para-hydroxylation sites is 1. The number of hydrogen-bond donors (Lipinski definition) is 2. The molecule has 2 aliphatic rings. The molecule has 1 aliphatic heterocycles. The van der Waals surface area contributed by atoms with Crippen LogP contribution in [0.2, 0.25) is 0 Å². The molecule has 5 nitrogen and oxygen atoms in total. The summed E-state index contributed by atoms with van der Waals surface area (Å²) in [6.45, 7) is 2.09. The molecule has 1 amide bonds. The molecule has 2 fully saturated rings. The number of rotatable bonds is 4. The molecule has 1 aromatic heterocycles. The molecule has 116 valence electrons. The van der Waals surface area contributed by atoms with Crippen LogP contribution < -0.4 is 10.6 Å². The molecule has 4 rings (SSSR count). The Hall–Kier alpha value is -2.53. The number of carbonyl (C=O) groups is 1. The van der Waals surface area contributed by atoms with Gasteiger partial charge < -0.3 is 10.6 Å². The third-order valence-corrected chi connectivity index (χ3v) is 4.54. The van der Waals surface area contributed by atoms with Crippen LogP contribution in [-0.4, -0.2) is 30.2 Å². The Balaban J connectivity index is 1.43. The maximum Gasteiger partial charge on any atom is 0.295 e. The van der Waals surface area contributed by atoms with E-state index in [4.69, 9.17) is 0 Å². The van der Waals surface area contributed by atoms with Gasteiger partial charge in [0.15, 0.2) is 0 Å². The van der Waals surface area contributed by atoms with Gasteiger partial charge in [0.25, 0.3) is 5.91 Å². The molecule has 2 heterocycles. The quantitative estimate of drug-likeness (QED) is 0.852. The first-order valence-electron chi connectivity index (χ1n) is 7.89. The second-order valence-electron chi connectivity index (χ2n) is 6.05. The number of benzene rings is 1. The van der Waals surface area contributed by atoms with E-state index in [1.54, 1.807) is 6.07 Å². The van der Waals surface area contributed by atoms with E-state index in [-0.39, 0.29) is 5.91 Å². The third kappa shape index (κ3) is 3.00. The van der Waals surface area contributed by atoms with Crippen molar-refractivity contribution in [2.24, 2.45) is 22.7 Å². The summed E-state index contributed by atoms with van der Waals surface area (Å²) in [4.78, 5) is 20.7. The van der Waals surface area contributed by atoms with Crippen LogP contribution in [0.1, 0.15) is 10.5 Å². The molecule has 1 aromatic carbocycles. The summed E-state index contributed by atoms with van der Waals surface area (Å²) in [5.74, 6) is 2.17. The van der Waals surface area contributed by atoms with E-state index in [1.807, 2.05) is 48.7 Å². The SMILES string of the molecule is O=C(/N=C/C1C2CNC[C@H]12)c1cccc(Nc2ccccc2)n1. The van der Waals surface area contributed by atoms with Gasteiger partial charge in [0.1, 0.15) is 11.5 Å². The van der Waals surface area contributed by atoms with E-state index in [1.165, 1.54) is 0 Å². The first-order chi connectivity index (χ1) is 11.3. The summed E-state index contributed by atoms with van der Waals surface area (Å²) in [6.07, 6.45) is 1.82. The van der Waals surface area contributed by atoms with E-state index < -0.39 is 0 Å². The maximum absolute atomic E-state index is 12.2. The summed E-state index contributed by atoms with van der Waals surface area (Å²) < 4.78 is 0. The predicted molar refractivity (Wildman–Crippen MR) is 90.1 cm³/mol. The fourth-order valence-corrected chi connectivity index (χ4v) is 3.20. The number of hydrogen-bond acceptors (Lipinski definition) is 4. The van der Waals surface area contributed by atoms with Crippen molar-refractivity contribution >= 4 is 23.6 Å². The van der Waals surface area contributed by atoms with Crippen molar-refractivity contribution < 1.29 is 4.79 Å². The number of amides is 1. The summed E-state index contributed by atoms with van der Waals surface area (Å²) in [7, 11) is 0. The lowest BCUT2D eigenvalue weighted by atomic mass is 10.3. The van der Waals surface area contributed by atoms with Gasteiger partial charge >= 0.3 is 0 Å². The largest absolute Gasteiger partial charge is 0.340 e. The van der Waals surface area contributed by atoms with Gasteiger partial charge in [0, 0.05) is 17.8 Å². The van der Waals surface area contributed by atoms with Gasteiger partial charge in [0.05, 0.1) is 0 Å². The molecule has 1 aliphatic carbocycles. The lowest BCUT2D eigenvalue weighted by molar-refractivity contribution is 0.0998. The highest BCUT2D eigenvalue weighted by molar-refractivity contribution is 5.98. The van der Waals surface area contributed by atoms with Gasteiger partial charge in [-0.25, -0.2) is 9.98 Å². The number of anilines is 2. The van der Waals surface area contributed by atoms with Crippen LogP contribution in [0.25, 0.3) is 0 Å². The van der Waals surface area contributed by atoms with Gasteiger partial charge in [-0.1, -0.05) is 24.3 Å². The first-order valence-corrected chi connectivity index (χ1v) is 7.89. The third-order valence-electron chi connectivity index (χ3n) is 4.54. The van der Waals surface area contributed by atoms with Crippen LogP contribution in [0.15, 0.2) is 53.5 Å². The van der Waals surface area contributed by atoms with E-state index in [2.05, 4.69) is 20.6 Å². The molecule has 2 N–H and O–H groups in total. The van der Waals surface area contributed by atoms with E-state index in [0.717, 1.165) is 18.8 Å². The second kappa shape index (κ2) is 5.93. The molecular weight excluding hydrogens is 288 g/mol. The zero-order chi connectivity index (χ0) is 15.6. The van der Waals surface area contributed by atoms with Crippen LogP contribution in [0.5, 0.6) is 0 Å². The number of nitrogens with zero attached hydrogens (tertiary/aromatic N) is 2. The lowest BCUT2D eigenvalue weighted by Crippen LogP contribution is -2.15. The Labute approximate surface area is 134 Å². The number of nitrogens with one attached hydrogen (secondary N) is 2. The molecule has 0 radical (unpaired) electrons. The van der Waals surface area contributed by atoms with Crippen LogP contribution in [-0.2, 0) is 0 Å². The number of piperidine rings is 1. The monoisotopic (exact) mass is 306 g/mol. The molecule has 3 atom stereocenters. The molecular formula is C18H18N4O. The first kappa shape index (κ1) is 14.1. The predicted octanol–water partition coefficient (Wildman–Crippen LogP) is 2.50. The Morgan fingerprint density at radius 1 is 1.13 bits per heavy atom. The fourth-order valence-electron chi connectivity index (χ4n) is 3.20. The van der Waals surface area contributed by atoms with Gasteiger partial charge in [-0.3, -0.25) is 4.79 Å². The highest BCUT2D eigenvalue weighted by atomic mass is 16.1. The van der Waals surface area contributed by atoms with Crippen molar-refractivity contribution in [1.29, 1.82) is 0 Å². The summed E-state index contributed by atoms with van der Waals surface area (Å²) in [5.41, 5.74) is 1.30. The van der Waals surface area contributed by atoms with Crippen LogP contribution in [0, 0.1) is 17.8 Å². The topological polar surface area (TPSA) is 66.4 Å². The normalized spacial score (nSPS) is 25.3. The van der Waals surface area contributed by atoms with Gasteiger partial charge in [-0.15, -0.1) is 0 Å². The Morgan fingerprint density at radius 2 is 1.91 bits per heavy atom. The molecule has 2 unspecified atom stereocenters. The number of fused-ring (bicyclic) bond motifs is 1. The van der Waals surface area contributed by atoms with Crippen molar-refractivity contribution in [3.05, 3.63) is 54.2 Å². The number of pyridine rings is 1. The molecule has 2 aromatic rings. The van der Waals surface area contributed by atoms with Crippen molar-refractivity contribution in [3.63, 3.8) is 0 Å². The fraction of sp³-hybridized carbons (Fsp3) is 0.278. The Morgan fingerprint density at radius 3 is 2.70 bits per heavy atom. The minimum absolute atomic E-state index is 0.278. The smallest absolute Gasteiger partial charge is 0.295 e. The summed E-state index contributed by atoms with van der Waals surface area (Å²) in [6, 6.07) is 15.1. The molecule has 1 saturated carbocycles. The molecule has 23 heavy (non-hydrogen) atoms. The summed E-state index contributed by atoms with van der Waals surface area (Å²) in [5, 5.41) is 6.52. The molecule has 5 heteroatoms. The highest BCUT2D eigenvalue weighted by Gasteiger charge is 2.51. The van der Waals surface area contributed by atoms with E-state index >= 15 is 0 Å². The van der Waals surface area contributed by atoms with Crippen molar-refractivity contribution in [1.82, 2.24) is 10.3 Å². The van der Waals surface area contributed by atoms with Crippen LogP contribution in [0.3, 0.4) is 0 Å². The second-order valence-corrected chi connectivity index (χ2v) is 6.05. The molecule has 0 spiro atoms. The zero-order valence-electron chi connectivity index (χ0n) is 12.6. The van der Waals surface area contributed by atoms with E-state index in [0.29, 0.717) is 29.3 Å². The minimum atomic E-state index is -0.278. The average molecular weight is 306 g/mol. The lowest BCUT2D eigenvalue weighted by Gasteiger charge is -2.05. The Kier molecular flexibility index (Phi) is 3.63. The zero-order valence-corrected chi connectivity index (χ0v) is 12.6. The van der Waals surface area contributed by atoms with Crippen molar-refractivity contribution in [3.8, 4) is 0 Å². The maximum atomic E-state index is 12.2. The van der Waals surface area contributed by atoms with Crippen LogP contribution >= 0.6 is 0 Å². The van der Waals surface area contributed by atoms with E-state index in [9.17, 15) is 4.79 Å². The Bertz CT molecular complexity index is 734. The van der Waals surface area contributed by atoms with Gasteiger partial charge in [-0.2, -0.15) is 0 Å². The number of carbonyl (C=O) groups excluding carboxylic acids is 1. The standard InChI is InChI=1S/C18H18N4O/c23-18(20-11-15-13-9-19-10-14(13)15)16-7-4-8-17(22-16)21-12-5-2-1-3-6-12/h1-8,11,13-15,19H,9-10H2,(H,21,22)/b20-11+/t13-,14?,15?/m0/s1. The van der Waals surface area contributed by atoms with Crippen molar-refractivity contribution in [2.75, 3.05) is 18.4 Å². The molecule has 0 bridgehead atoms. The highest BCUT2D eigenvalue weighted by Crippen LogP contribution is 2.47. The number of aliphatic imine (C=N–C) groups is 1. The average Bonchev–Trinajstić information content (AvgIpc) is 3.01. The minimum Gasteiger partial charge on any atom is -0.340 e. The molecule has 1 saturated heterocycles. The van der Waals surface area contributed by atoms with Crippen LogP contribution in [0.4, 0.5) is 11.5 Å².